The molecule has 0 amide bonds. The second-order valence-corrected chi connectivity index (χ2v) is 8.05. The molecule has 0 fully saturated rings. The second kappa shape index (κ2) is 9.00. The summed E-state index contributed by atoms with van der Waals surface area (Å²) in [6, 6.07) is 7.83. The Kier molecular flexibility index (Phi) is 6.99. The van der Waals surface area contributed by atoms with Crippen molar-refractivity contribution in [3.8, 4) is 5.75 Å². The number of hydrogen-bond donors (Lipinski definition) is 1. The van der Waals surface area contributed by atoms with E-state index in [1.54, 1.807) is 12.1 Å². The van der Waals surface area contributed by atoms with E-state index >= 15 is 0 Å². The Morgan fingerprint density at radius 3 is 2.42 bits per heavy atom. The van der Waals surface area contributed by atoms with Crippen LogP contribution < -0.4 is 10.2 Å². The molecule has 7 heteroatoms. The highest BCUT2D eigenvalue weighted by Gasteiger charge is 2.15. The lowest BCUT2D eigenvalue weighted by Gasteiger charge is -2.09. The van der Waals surface area contributed by atoms with E-state index in [2.05, 4.69) is 18.8 Å². The van der Waals surface area contributed by atoms with Gasteiger partial charge in [-0.25, -0.2) is 0 Å². The van der Waals surface area contributed by atoms with E-state index < -0.39 is 10.1 Å². The van der Waals surface area contributed by atoms with E-state index in [9.17, 15) is 13.2 Å². The number of ether oxygens (including phenoxy) is 1. The molecule has 0 unspecified atom stereocenters. The smallest absolute Gasteiger partial charge is 0.297 e. The molecule has 0 bridgehead atoms. The molecule has 1 aromatic carbocycles. The van der Waals surface area contributed by atoms with Crippen molar-refractivity contribution in [1.82, 2.24) is 4.98 Å². The lowest BCUT2D eigenvalue weighted by Crippen LogP contribution is -2.13. The molecule has 0 spiro atoms. The van der Waals surface area contributed by atoms with Crippen LogP contribution in [0.5, 0.6) is 5.75 Å². The highest BCUT2D eigenvalue weighted by molar-refractivity contribution is 7.86. The van der Waals surface area contributed by atoms with Crippen LogP contribution in [-0.2, 0) is 27.3 Å². The monoisotopic (exact) mass is 379 g/mol. The van der Waals surface area contributed by atoms with Crippen LogP contribution in [0.3, 0.4) is 0 Å². The van der Waals surface area contributed by atoms with Crippen molar-refractivity contribution < 1.29 is 17.3 Å². The molecule has 0 radical (unpaired) electrons. The number of hydrogen-bond acceptors (Lipinski definition) is 5. The first-order chi connectivity index (χ1) is 12.3. The molecule has 6 nitrogen and oxygen atoms in total. The summed E-state index contributed by atoms with van der Waals surface area (Å²) in [5.74, 6) is 0.700. The Balaban J connectivity index is 1.99. The summed E-state index contributed by atoms with van der Waals surface area (Å²) in [5.41, 5.74) is 1.09. The largest absolute Gasteiger partial charge is 0.488 e. The van der Waals surface area contributed by atoms with Gasteiger partial charge in [0.2, 0.25) is 5.43 Å². The summed E-state index contributed by atoms with van der Waals surface area (Å²) in [7, 11) is -3.88. The molecular weight excluding hydrogens is 354 g/mol. The molecule has 0 saturated carbocycles. The van der Waals surface area contributed by atoms with Gasteiger partial charge >= 0.3 is 0 Å². The fourth-order valence-corrected chi connectivity index (χ4v) is 3.09. The standard InChI is InChI=1S/C19H25NO5S/c1-4-15-5-7-17(8-6-15)26(22,23)25-13-16-11-18(21)19(12-20-16)24-10-9-14(2)3/h5-8,11-12,14H,4,9-10,13H2,1-3H3,(H,20,21). The van der Waals surface area contributed by atoms with Crippen LogP contribution in [0.15, 0.2) is 46.2 Å². The van der Waals surface area contributed by atoms with E-state index in [-0.39, 0.29) is 22.7 Å². The summed E-state index contributed by atoms with van der Waals surface area (Å²) in [6.07, 6.45) is 3.11. The molecule has 0 aliphatic rings. The number of aromatic amines is 1. The normalized spacial score (nSPS) is 11.7. The van der Waals surface area contributed by atoms with E-state index in [0.29, 0.717) is 18.2 Å². The Morgan fingerprint density at radius 2 is 1.85 bits per heavy atom. The predicted octanol–water partition coefficient (Wildman–Crippen LogP) is 3.27. The quantitative estimate of drug-likeness (QED) is 0.676. The maximum absolute atomic E-state index is 12.2. The SMILES string of the molecule is CCc1ccc(S(=O)(=O)OCc2cc(=O)c(OCCC(C)C)c[nH]2)cc1. The minimum atomic E-state index is -3.88. The lowest BCUT2D eigenvalue weighted by atomic mass is 10.1. The predicted molar refractivity (Wildman–Crippen MR) is 99.8 cm³/mol. The molecule has 0 aliphatic heterocycles. The average molecular weight is 379 g/mol. The first-order valence-corrected chi connectivity index (χ1v) is 10.1. The van der Waals surface area contributed by atoms with Gasteiger partial charge in [0, 0.05) is 18.0 Å². The second-order valence-electron chi connectivity index (χ2n) is 6.43. The van der Waals surface area contributed by atoms with Gasteiger partial charge in [0.1, 0.15) is 6.61 Å². The third kappa shape index (κ3) is 5.71. The molecular formula is C19H25NO5S. The van der Waals surface area contributed by atoms with Crippen LogP contribution in [0.2, 0.25) is 0 Å². The zero-order valence-electron chi connectivity index (χ0n) is 15.3. The topological polar surface area (TPSA) is 85.5 Å². The number of rotatable bonds is 9. The molecule has 2 rings (SSSR count). The van der Waals surface area contributed by atoms with E-state index in [0.717, 1.165) is 18.4 Å². The minimum absolute atomic E-state index is 0.0886. The number of benzene rings is 1. The maximum atomic E-state index is 12.2. The van der Waals surface area contributed by atoms with Crippen molar-refractivity contribution in [2.75, 3.05) is 6.61 Å². The molecule has 1 heterocycles. The summed E-state index contributed by atoms with van der Waals surface area (Å²) in [5, 5.41) is 0. The van der Waals surface area contributed by atoms with Crippen molar-refractivity contribution in [2.24, 2.45) is 5.92 Å². The van der Waals surface area contributed by atoms with Crippen molar-refractivity contribution in [1.29, 1.82) is 0 Å². The van der Waals surface area contributed by atoms with Crippen LogP contribution in [0.25, 0.3) is 0 Å². The summed E-state index contributed by atoms with van der Waals surface area (Å²) in [4.78, 5) is 15.0. The van der Waals surface area contributed by atoms with Crippen molar-refractivity contribution >= 4 is 10.1 Å². The summed E-state index contributed by atoms with van der Waals surface area (Å²) < 4.78 is 34.9. The van der Waals surface area contributed by atoms with Gasteiger partial charge in [-0.15, -0.1) is 0 Å². The lowest BCUT2D eigenvalue weighted by molar-refractivity contribution is 0.283. The molecule has 0 saturated heterocycles. The summed E-state index contributed by atoms with van der Waals surface area (Å²) >= 11 is 0. The van der Waals surface area contributed by atoms with Gasteiger partial charge in [0.25, 0.3) is 10.1 Å². The Bertz CT molecular complexity index is 870. The van der Waals surface area contributed by atoms with Gasteiger partial charge in [0.15, 0.2) is 5.75 Å². The van der Waals surface area contributed by atoms with Crippen LogP contribution in [0, 0.1) is 5.92 Å². The zero-order chi connectivity index (χ0) is 19.2. The zero-order valence-corrected chi connectivity index (χ0v) is 16.1. The molecule has 0 aliphatic carbocycles. The Labute approximate surface area is 154 Å². The van der Waals surface area contributed by atoms with Crippen LogP contribution in [0.4, 0.5) is 0 Å². The van der Waals surface area contributed by atoms with Gasteiger partial charge in [-0.3, -0.25) is 8.98 Å². The van der Waals surface area contributed by atoms with Gasteiger partial charge < -0.3 is 9.72 Å². The van der Waals surface area contributed by atoms with Crippen molar-refractivity contribution in [3.63, 3.8) is 0 Å². The van der Waals surface area contributed by atoms with E-state index in [1.807, 2.05) is 6.92 Å². The van der Waals surface area contributed by atoms with Gasteiger partial charge in [-0.2, -0.15) is 8.42 Å². The fourth-order valence-electron chi connectivity index (χ4n) is 2.20. The third-order valence-corrected chi connectivity index (χ3v) is 5.16. The van der Waals surface area contributed by atoms with Crippen LogP contribution >= 0.6 is 0 Å². The number of nitrogens with one attached hydrogen (secondary N) is 1. The number of aromatic nitrogens is 1. The highest BCUT2D eigenvalue weighted by atomic mass is 32.2. The van der Waals surface area contributed by atoms with Crippen LogP contribution in [-0.4, -0.2) is 20.0 Å². The number of H-pyrrole nitrogens is 1. The first-order valence-electron chi connectivity index (χ1n) is 8.64. The molecule has 0 atom stereocenters. The van der Waals surface area contributed by atoms with E-state index in [4.69, 9.17) is 8.92 Å². The van der Waals surface area contributed by atoms with E-state index in [1.165, 1.54) is 24.4 Å². The molecule has 1 aromatic heterocycles. The summed E-state index contributed by atoms with van der Waals surface area (Å²) in [6.45, 7) is 6.35. The molecule has 26 heavy (non-hydrogen) atoms. The maximum Gasteiger partial charge on any atom is 0.297 e. The number of aryl methyl sites for hydroxylation is 1. The molecule has 1 N–H and O–H groups in total. The first kappa shape index (κ1) is 20.2. The highest BCUT2D eigenvalue weighted by Crippen LogP contribution is 2.15. The fraction of sp³-hybridized carbons (Fsp3) is 0.421. The van der Waals surface area contributed by atoms with Gasteiger partial charge in [-0.05, 0) is 36.5 Å². The molecule has 142 valence electrons. The van der Waals surface area contributed by atoms with Crippen molar-refractivity contribution in [3.05, 3.63) is 58.0 Å². The molecule has 2 aromatic rings. The van der Waals surface area contributed by atoms with Crippen molar-refractivity contribution in [2.45, 2.75) is 45.1 Å². The minimum Gasteiger partial charge on any atom is -0.488 e. The van der Waals surface area contributed by atoms with Gasteiger partial charge in [-0.1, -0.05) is 32.9 Å². The third-order valence-electron chi connectivity index (χ3n) is 3.88. The number of pyridine rings is 1. The Morgan fingerprint density at radius 1 is 1.15 bits per heavy atom. The van der Waals surface area contributed by atoms with Crippen LogP contribution in [0.1, 0.15) is 38.4 Å². The average Bonchev–Trinajstić information content (AvgIpc) is 2.61. The Hall–Kier alpha value is -2.12. The van der Waals surface area contributed by atoms with Gasteiger partial charge in [0.05, 0.1) is 11.5 Å².